The molecule has 2 unspecified atom stereocenters. The fourth-order valence-corrected chi connectivity index (χ4v) is 3.69. The molecule has 0 bridgehead atoms. The molecule has 1 aliphatic rings. The number of halogens is 1. The summed E-state index contributed by atoms with van der Waals surface area (Å²) in [5, 5.41) is 7.15. The number of carbonyl (C=O) groups excluding carboxylic acids is 1. The van der Waals surface area contributed by atoms with Crippen molar-refractivity contribution in [3.63, 3.8) is 0 Å². The maximum absolute atomic E-state index is 12.4. The number of rotatable bonds is 6. The zero-order valence-electron chi connectivity index (χ0n) is 12.5. The number of carbonyl (C=O) groups is 1. The van der Waals surface area contributed by atoms with Crippen LogP contribution in [-0.2, 0) is 0 Å². The van der Waals surface area contributed by atoms with Crippen LogP contribution >= 0.6 is 23.4 Å². The SMILES string of the molecule is CCCNc1ccc(Cl)c(C(=O)NC2CCCC2SC)n1. The summed E-state index contributed by atoms with van der Waals surface area (Å²) in [6.07, 6.45) is 6.45. The summed E-state index contributed by atoms with van der Waals surface area (Å²) in [5.41, 5.74) is 0.310. The van der Waals surface area contributed by atoms with Crippen LogP contribution in [0.2, 0.25) is 5.02 Å². The van der Waals surface area contributed by atoms with Crippen molar-refractivity contribution in [3.05, 3.63) is 22.8 Å². The Morgan fingerprint density at radius 1 is 1.48 bits per heavy atom. The van der Waals surface area contributed by atoms with Gasteiger partial charge in [-0.3, -0.25) is 4.79 Å². The van der Waals surface area contributed by atoms with Crippen LogP contribution in [0.5, 0.6) is 0 Å². The van der Waals surface area contributed by atoms with E-state index in [1.165, 1.54) is 0 Å². The van der Waals surface area contributed by atoms with Crippen molar-refractivity contribution in [2.45, 2.75) is 43.9 Å². The molecule has 0 saturated heterocycles. The van der Waals surface area contributed by atoms with E-state index in [-0.39, 0.29) is 11.9 Å². The van der Waals surface area contributed by atoms with E-state index in [0.29, 0.717) is 21.8 Å². The quantitative estimate of drug-likeness (QED) is 0.838. The monoisotopic (exact) mass is 327 g/mol. The molecule has 1 aromatic heterocycles. The molecule has 1 amide bonds. The lowest BCUT2D eigenvalue weighted by atomic mass is 10.2. The summed E-state index contributed by atoms with van der Waals surface area (Å²) in [4.78, 5) is 16.8. The van der Waals surface area contributed by atoms with Crippen molar-refractivity contribution in [3.8, 4) is 0 Å². The molecule has 2 rings (SSSR count). The lowest BCUT2D eigenvalue weighted by Crippen LogP contribution is -2.39. The number of anilines is 1. The second-order valence-corrected chi connectivity index (χ2v) is 6.72. The molecule has 1 aliphatic carbocycles. The van der Waals surface area contributed by atoms with Crippen molar-refractivity contribution in [1.29, 1.82) is 0 Å². The molecule has 0 aliphatic heterocycles. The maximum atomic E-state index is 12.4. The summed E-state index contributed by atoms with van der Waals surface area (Å²) < 4.78 is 0. The molecular formula is C15H22ClN3OS. The van der Waals surface area contributed by atoms with Crippen molar-refractivity contribution in [2.24, 2.45) is 0 Å². The molecule has 0 radical (unpaired) electrons. The molecular weight excluding hydrogens is 306 g/mol. The third-order valence-electron chi connectivity index (χ3n) is 3.69. The second-order valence-electron chi connectivity index (χ2n) is 5.24. The third kappa shape index (κ3) is 4.27. The van der Waals surface area contributed by atoms with Crippen LogP contribution in [-0.4, -0.2) is 35.0 Å². The Balaban J connectivity index is 2.07. The van der Waals surface area contributed by atoms with Crippen LogP contribution in [0.25, 0.3) is 0 Å². The lowest BCUT2D eigenvalue weighted by molar-refractivity contribution is 0.0934. The van der Waals surface area contributed by atoms with E-state index in [4.69, 9.17) is 11.6 Å². The standard InChI is InChI=1S/C15H22ClN3OS/c1-3-9-17-13-8-7-10(16)14(19-13)15(20)18-11-5-4-6-12(11)21-2/h7-8,11-12H,3-6,9H2,1-2H3,(H,17,19)(H,18,20). The normalized spacial score (nSPS) is 21.3. The van der Waals surface area contributed by atoms with Gasteiger partial charge in [-0.1, -0.05) is 24.9 Å². The Morgan fingerprint density at radius 3 is 3.00 bits per heavy atom. The van der Waals surface area contributed by atoms with E-state index in [9.17, 15) is 4.79 Å². The molecule has 2 N–H and O–H groups in total. The smallest absolute Gasteiger partial charge is 0.271 e. The van der Waals surface area contributed by atoms with E-state index in [1.807, 2.05) is 11.8 Å². The minimum absolute atomic E-state index is 0.175. The Kier molecular flexibility index (Phi) is 6.18. The summed E-state index contributed by atoms with van der Waals surface area (Å²) in [6, 6.07) is 3.75. The average Bonchev–Trinajstić information content (AvgIpc) is 2.93. The van der Waals surface area contributed by atoms with Crippen molar-refractivity contribution < 1.29 is 4.79 Å². The molecule has 1 aromatic rings. The second kappa shape index (κ2) is 7.90. The molecule has 4 nitrogen and oxygen atoms in total. The Morgan fingerprint density at radius 2 is 2.29 bits per heavy atom. The van der Waals surface area contributed by atoms with Crippen LogP contribution in [0.15, 0.2) is 12.1 Å². The lowest BCUT2D eigenvalue weighted by Gasteiger charge is -2.19. The van der Waals surface area contributed by atoms with E-state index in [1.54, 1.807) is 12.1 Å². The summed E-state index contributed by atoms with van der Waals surface area (Å²) in [7, 11) is 0. The zero-order chi connectivity index (χ0) is 15.2. The first-order valence-corrected chi connectivity index (χ1v) is 9.06. The Hall–Kier alpha value is -0.940. The van der Waals surface area contributed by atoms with Crippen molar-refractivity contribution in [2.75, 3.05) is 18.1 Å². The highest BCUT2D eigenvalue weighted by Crippen LogP contribution is 2.29. The minimum atomic E-state index is -0.175. The third-order valence-corrected chi connectivity index (χ3v) is 5.16. The largest absolute Gasteiger partial charge is 0.370 e. The number of amides is 1. The molecule has 0 aromatic carbocycles. The van der Waals surface area contributed by atoms with E-state index in [2.05, 4.69) is 28.8 Å². The molecule has 2 atom stereocenters. The first-order chi connectivity index (χ1) is 10.2. The van der Waals surface area contributed by atoms with Gasteiger partial charge in [-0.05, 0) is 37.7 Å². The van der Waals surface area contributed by atoms with Gasteiger partial charge in [0.05, 0.1) is 5.02 Å². The topological polar surface area (TPSA) is 54.0 Å². The average molecular weight is 328 g/mol. The molecule has 1 saturated carbocycles. The van der Waals surface area contributed by atoms with Gasteiger partial charge in [-0.15, -0.1) is 0 Å². The van der Waals surface area contributed by atoms with Gasteiger partial charge in [0.2, 0.25) is 0 Å². The van der Waals surface area contributed by atoms with Crippen molar-refractivity contribution in [1.82, 2.24) is 10.3 Å². The zero-order valence-corrected chi connectivity index (χ0v) is 14.1. The van der Waals surface area contributed by atoms with Crippen LogP contribution in [0.1, 0.15) is 43.1 Å². The van der Waals surface area contributed by atoms with Gasteiger partial charge in [-0.2, -0.15) is 11.8 Å². The summed E-state index contributed by atoms with van der Waals surface area (Å²) in [6.45, 7) is 2.91. The van der Waals surface area contributed by atoms with Gasteiger partial charge < -0.3 is 10.6 Å². The highest BCUT2D eigenvalue weighted by molar-refractivity contribution is 7.99. The number of hydrogen-bond donors (Lipinski definition) is 2. The molecule has 1 fully saturated rings. The molecule has 116 valence electrons. The summed E-state index contributed by atoms with van der Waals surface area (Å²) in [5.74, 6) is 0.519. The minimum Gasteiger partial charge on any atom is -0.370 e. The van der Waals surface area contributed by atoms with Crippen molar-refractivity contribution >= 4 is 35.1 Å². The number of pyridine rings is 1. The van der Waals surface area contributed by atoms with Crippen LogP contribution in [0.4, 0.5) is 5.82 Å². The number of nitrogens with zero attached hydrogens (tertiary/aromatic N) is 1. The fraction of sp³-hybridized carbons (Fsp3) is 0.600. The van der Waals surface area contributed by atoms with Gasteiger partial charge >= 0.3 is 0 Å². The maximum Gasteiger partial charge on any atom is 0.271 e. The van der Waals surface area contributed by atoms with Crippen LogP contribution in [0.3, 0.4) is 0 Å². The van der Waals surface area contributed by atoms with E-state index < -0.39 is 0 Å². The summed E-state index contributed by atoms with van der Waals surface area (Å²) >= 11 is 7.94. The molecule has 0 spiro atoms. The number of thioether (sulfide) groups is 1. The molecule has 1 heterocycles. The number of aromatic nitrogens is 1. The number of hydrogen-bond acceptors (Lipinski definition) is 4. The Bertz CT molecular complexity index is 498. The molecule has 21 heavy (non-hydrogen) atoms. The van der Waals surface area contributed by atoms with Crippen LogP contribution < -0.4 is 10.6 Å². The fourth-order valence-electron chi connectivity index (χ4n) is 2.56. The predicted molar refractivity (Wildman–Crippen MR) is 90.4 cm³/mol. The van der Waals surface area contributed by atoms with Gasteiger partial charge in [0, 0.05) is 17.8 Å². The first-order valence-electron chi connectivity index (χ1n) is 7.39. The first kappa shape index (κ1) is 16.4. The number of nitrogens with one attached hydrogen (secondary N) is 2. The Labute approximate surface area is 135 Å². The van der Waals surface area contributed by atoms with E-state index in [0.717, 1.165) is 32.2 Å². The van der Waals surface area contributed by atoms with Gasteiger partial charge in [0.1, 0.15) is 11.5 Å². The van der Waals surface area contributed by atoms with Gasteiger partial charge in [0.25, 0.3) is 5.91 Å². The highest BCUT2D eigenvalue weighted by Gasteiger charge is 2.28. The molecule has 6 heteroatoms. The van der Waals surface area contributed by atoms with Gasteiger partial charge in [-0.25, -0.2) is 4.98 Å². The van der Waals surface area contributed by atoms with E-state index >= 15 is 0 Å². The predicted octanol–water partition coefficient (Wildman–Crippen LogP) is 3.57. The highest BCUT2D eigenvalue weighted by atomic mass is 35.5. The van der Waals surface area contributed by atoms with Gasteiger partial charge in [0.15, 0.2) is 0 Å². The van der Waals surface area contributed by atoms with Crippen LogP contribution in [0, 0.1) is 0 Å².